The summed E-state index contributed by atoms with van der Waals surface area (Å²) >= 11 is 0. The number of aryl methyl sites for hydroxylation is 1. The Morgan fingerprint density at radius 3 is 2.54 bits per heavy atom. The van der Waals surface area contributed by atoms with Crippen molar-refractivity contribution < 1.29 is 9.90 Å². The van der Waals surface area contributed by atoms with Crippen LogP contribution < -0.4 is 0 Å². The monoisotopic (exact) mass is 368 g/mol. The molecule has 2 aromatic carbocycles. The van der Waals surface area contributed by atoms with Gasteiger partial charge in [0.15, 0.2) is 11.4 Å². The quantitative estimate of drug-likeness (QED) is 0.407. The molecular formula is C22H16N4O2. The molecule has 0 unspecified atom stereocenters. The molecule has 2 N–H and O–H groups in total. The van der Waals surface area contributed by atoms with Gasteiger partial charge in [-0.25, -0.2) is 9.83 Å². The van der Waals surface area contributed by atoms with Gasteiger partial charge < -0.3 is 5.11 Å². The van der Waals surface area contributed by atoms with Crippen LogP contribution in [0.15, 0.2) is 54.6 Å². The molecule has 2 heterocycles. The highest BCUT2D eigenvalue weighted by Gasteiger charge is 2.22. The van der Waals surface area contributed by atoms with Crippen molar-refractivity contribution >= 4 is 22.5 Å². The normalized spacial score (nSPS) is 10.7. The van der Waals surface area contributed by atoms with Crippen molar-refractivity contribution in [3.63, 3.8) is 0 Å². The first-order chi connectivity index (χ1) is 13.6. The SMILES string of the molecule is [C-]#[N+]c1c(-c2ccc(O)cc2)nc2n[nH]c(C)c2c1CC(=O)c1ccccc1. The molecular weight excluding hydrogens is 352 g/mol. The number of phenolic OH excluding ortho intramolecular Hbond substituents is 1. The minimum Gasteiger partial charge on any atom is -0.508 e. The number of carbonyl (C=O) groups is 1. The molecule has 0 aliphatic rings. The number of carbonyl (C=O) groups excluding carboxylic acids is 1. The van der Waals surface area contributed by atoms with Gasteiger partial charge in [-0.1, -0.05) is 42.5 Å². The largest absolute Gasteiger partial charge is 0.508 e. The Morgan fingerprint density at radius 2 is 1.86 bits per heavy atom. The number of nitrogens with zero attached hydrogens (tertiary/aromatic N) is 3. The van der Waals surface area contributed by atoms with Crippen LogP contribution in [-0.2, 0) is 6.42 Å². The molecule has 4 rings (SSSR count). The molecule has 0 amide bonds. The number of hydrogen-bond donors (Lipinski definition) is 2. The zero-order valence-electron chi connectivity index (χ0n) is 15.1. The number of nitrogens with one attached hydrogen (secondary N) is 1. The lowest BCUT2D eigenvalue weighted by Gasteiger charge is -2.11. The maximum atomic E-state index is 12.9. The van der Waals surface area contributed by atoms with E-state index in [0.29, 0.717) is 39.1 Å². The Morgan fingerprint density at radius 1 is 1.14 bits per heavy atom. The minimum absolute atomic E-state index is 0.0738. The van der Waals surface area contributed by atoms with Gasteiger partial charge in [0.25, 0.3) is 0 Å². The predicted octanol–water partition coefficient (Wildman–Crippen LogP) is 4.62. The van der Waals surface area contributed by atoms with Gasteiger partial charge in [-0.15, -0.1) is 0 Å². The number of benzene rings is 2. The summed E-state index contributed by atoms with van der Waals surface area (Å²) in [5.41, 5.74) is 3.89. The molecule has 0 saturated carbocycles. The Bertz CT molecular complexity index is 1220. The van der Waals surface area contributed by atoms with E-state index < -0.39 is 0 Å². The Labute approximate surface area is 161 Å². The first-order valence-electron chi connectivity index (χ1n) is 8.71. The Kier molecular flexibility index (Phi) is 4.34. The molecule has 0 atom stereocenters. The molecule has 6 heteroatoms. The Hall–Kier alpha value is -3.98. The number of aromatic hydroxyl groups is 1. The van der Waals surface area contributed by atoms with E-state index in [2.05, 4.69) is 20.0 Å². The smallest absolute Gasteiger partial charge is 0.217 e. The van der Waals surface area contributed by atoms with Crippen molar-refractivity contribution in [1.29, 1.82) is 0 Å². The Balaban J connectivity index is 1.93. The first-order valence-corrected chi connectivity index (χ1v) is 8.71. The number of Topliss-reactive ketones (excluding diaryl/α,β-unsaturated/α-hetero) is 1. The second-order valence-corrected chi connectivity index (χ2v) is 6.46. The van der Waals surface area contributed by atoms with E-state index in [9.17, 15) is 9.90 Å². The fraction of sp³-hybridized carbons (Fsp3) is 0.0909. The highest BCUT2D eigenvalue weighted by Crippen LogP contribution is 2.38. The number of hydrogen-bond acceptors (Lipinski definition) is 4. The minimum atomic E-state index is -0.0738. The van der Waals surface area contributed by atoms with Crippen LogP contribution in [0.5, 0.6) is 5.75 Å². The van der Waals surface area contributed by atoms with E-state index in [-0.39, 0.29) is 18.0 Å². The average Bonchev–Trinajstić information content (AvgIpc) is 3.09. The number of ketones is 1. The molecule has 0 aliphatic heterocycles. The highest BCUT2D eigenvalue weighted by molar-refractivity contribution is 6.03. The van der Waals surface area contributed by atoms with Crippen LogP contribution in [0.2, 0.25) is 0 Å². The van der Waals surface area contributed by atoms with Gasteiger partial charge in [-0.3, -0.25) is 9.89 Å². The third-order valence-electron chi connectivity index (χ3n) is 4.64. The summed E-state index contributed by atoms with van der Waals surface area (Å²) in [7, 11) is 0. The zero-order chi connectivity index (χ0) is 19.7. The lowest BCUT2D eigenvalue weighted by molar-refractivity contribution is 0.0993. The van der Waals surface area contributed by atoms with E-state index in [4.69, 9.17) is 6.57 Å². The zero-order valence-corrected chi connectivity index (χ0v) is 15.1. The van der Waals surface area contributed by atoms with E-state index in [1.54, 1.807) is 36.4 Å². The molecule has 4 aromatic rings. The highest BCUT2D eigenvalue weighted by atomic mass is 16.3. The standard InChI is InChI=1S/C22H16N4O2/c1-13-19-17(12-18(28)14-6-4-3-5-7-14)21(23-2)20(24-22(19)26-25-13)15-8-10-16(27)11-9-15/h3-11,27H,12H2,1H3,(H,24,25,26). The summed E-state index contributed by atoms with van der Waals surface area (Å²) < 4.78 is 0. The molecule has 6 nitrogen and oxygen atoms in total. The third kappa shape index (κ3) is 2.99. The van der Waals surface area contributed by atoms with Crippen molar-refractivity contribution in [3.05, 3.63) is 82.8 Å². The molecule has 0 fully saturated rings. The van der Waals surface area contributed by atoms with Crippen LogP contribution in [0, 0.1) is 13.5 Å². The van der Waals surface area contributed by atoms with Gasteiger partial charge in [0, 0.05) is 23.1 Å². The van der Waals surface area contributed by atoms with Gasteiger partial charge in [0.05, 0.1) is 12.3 Å². The molecule has 0 saturated heterocycles. The van der Waals surface area contributed by atoms with Crippen molar-refractivity contribution in [2.75, 3.05) is 0 Å². The number of aromatic nitrogens is 3. The summed E-state index contributed by atoms with van der Waals surface area (Å²) in [4.78, 5) is 21.1. The lowest BCUT2D eigenvalue weighted by Crippen LogP contribution is -2.05. The van der Waals surface area contributed by atoms with Gasteiger partial charge >= 0.3 is 0 Å². The molecule has 0 bridgehead atoms. The molecule has 28 heavy (non-hydrogen) atoms. The fourth-order valence-corrected chi connectivity index (χ4v) is 3.28. The van der Waals surface area contributed by atoms with Crippen LogP contribution in [-0.4, -0.2) is 26.1 Å². The first kappa shape index (κ1) is 17.4. The molecule has 0 radical (unpaired) electrons. The van der Waals surface area contributed by atoms with Crippen LogP contribution >= 0.6 is 0 Å². The summed E-state index contributed by atoms with van der Waals surface area (Å²) in [5.74, 6) is 0.0551. The maximum absolute atomic E-state index is 12.9. The number of fused-ring (bicyclic) bond motifs is 1. The lowest BCUT2D eigenvalue weighted by atomic mass is 9.96. The summed E-state index contributed by atoms with van der Waals surface area (Å²) in [6.07, 6.45) is 0.0756. The molecule has 0 aliphatic carbocycles. The number of aromatic amines is 1. The summed E-state index contributed by atoms with van der Waals surface area (Å²) in [6, 6.07) is 15.5. The van der Waals surface area contributed by atoms with Gasteiger partial charge in [-0.2, -0.15) is 5.10 Å². The number of rotatable bonds is 4. The van der Waals surface area contributed by atoms with Crippen LogP contribution in [0.3, 0.4) is 0 Å². The fourth-order valence-electron chi connectivity index (χ4n) is 3.28. The number of H-pyrrole nitrogens is 1. The third-order valence-corrected chi connectivity index (χ3v) is 4.64. The average molecular weight is 368 g/mol. The van der Waals surface area contributed by atoms with Crippen molar-refractivity contribution in [2.24, 2.45) is 0 Å². The molecule has 2 aromatic heterocycles. The van der Waals surface area contributed by atoms with Crippen LogP contribution in [0.25, 0.3) is 27.1 Å². The van der Waals surface area contributed by atoms with Gasteiger partial charge in [0.2, 0.25) is 5.69 Å². The predicted molar refractivity (Wildman–Crippen MR) is 106 cm³/mol. The topological polar surface area (TPSA) is 83.2 Å². The number of phenols is 1. The van der Waals surface area contributed by atoms with E-state index in [0.717, 1.165) is 5.69 Å². The van der Waals surface area contributed by atoms with Crippen molar-refractivity contribution in [3.8, 4) is 17.0 Å². The van der Waals surface area contributed by atoms with Gasteiger partial charge in [0.1, 0.15) is 5.75 Å². The maximum Gasteiger partial charge on any atom is 0.217 e. The van der Waals surface area contributed by atoms with Crippen molar-refractivity contribution in [1.82, 2.24) is 15.2 Å². The van der Waals surface area contributed by atoms with Gasteiger partial charge in [-0.05, 0) is 30.2 Å². The van der Waals surface area contributed by atoms with Crippen molar-refractivity contribution in [2.45, 2.75) is 13.3 Å². The summed E-state index contributed by atoms with van der Waals surface area (Å²) in [5, 5.41) is 17.4. The van der Waals surface area contributed by atoms with Crippen LogP contribution in [0.1, 0.15) is 21.6 Å². The van der Waals surface area contributed by atoms with E-state index in [1.807, 2.05) is 25.1 Å². The van der Waals surface area contributed by atoms with Crippen LogP contribution in [0.4, 0.5) is 5.69 Å². The molecule has 0 spiro atoms. The number of pyridine rings is 1. The van der Waals surface area contributed by atoms with E-state index in [1.165, 1.54) is 0 Å². The summed E-state index contributed by atoms with van der Waals surface area (Å²) in [6.45, 7) is 9.61. The second kappa shape index (κ2) is 6.97. The second-order valence-electron chi connectivity index (χ2n) is 6.46. The van der Waals surface area contributed by atoms with E-state index >= 15 is 0 Å². The molecule has 136 valence electrons.